The molecule has 1 heterocycles. The number of aromatic nitrogens is 3. The molecule has 1 rings (SSSR count). The summed E-state index contributed by atoms with van der Waals surface area (Å²) in [5.41, 5.74) is 0. The van der Waals surface area contributed by atoms with Crippen LogP contribution in [0.4, 0.5) is 5.95 Å². The molecule has 0 saturated heterocycles. The van der Waals surface area contributed by atoms with Crippen LogP contribution in [0.25, 0.3) is 0 Å². The molecule has 0 saturated carbocycles. The van der Waals surface area contributed by atoms with Crippen LogP contribution in [-0.4, -0.2) is 28.8 Å². The summed E-state index contributed by atoms with van der Waals surface area (Å²) in [5, 5.41) is 14.4. The second-order valence-electron chi connectivity index (χ2n) is 2.64. The molecule has 15 heavy (non-hydrogen) atoms. The van der Waals surface area contributed by atoms with Gasteiger partial charge in [-0.05, 0) is 6.42 Å². The first kappa shape index (κ1) is 11.3. The predicted molar refractivity (Wildman–Crippen MR) is 52.1 cm³/mol. The van der Waals surface area contributed by atoms with E-state index < -0.39 is 15.3 Å². The van der Waals surface area contributed by atoms with Gasteiger partial charge in [0.05, 0.1) is 18.5 Å². The largest absolute Gasteiger partial charge is 0.256 e. The van der Waals surface area contributed by atoms with Gasteiger partial charge in [-0.25, -0.2) is 18.1 Å². The van der Waals surface area contributed by atoms with Crippen LogP contribution in [0.5, 0.6) is 0 Å². The van der Waals surface area contributed by atoms with Gasteiger partial charge in [0.1, 0.15) is 0 Å². The number of hydrogen-bond donors (Lipinski definition) is 1. The SMILES string of the molecule is CCC(C#N)S(=O)(=O)Nc1nccnn1. The molecule has 0 amide bonds. The van der Waals surface area contributed by atoms with Crippen LogP contribution in [0, 0.1) is 11.3 Å². The summed E-state index contributed by atoms with van der Waals surface area (Å²) in [6.45, 7) is 1.61. The normalized spacial score (nSPS) is 12.8. The van der Waals surface area contributed by atoms with Crippen molar-refractivity contribution >= 4 is 16.0 Å². The van der Waals surface area contributed by atoms with Crippen LogP contribution in [0.2, 0.25) is 0 Å². The first-order valence-corrected chi connectivity index (χ1v) is 5.69. The summed E-state index contributed by atoms with van der Waals surface area (Å²) in [6.07, 6.45) is 2.82. The third-order valence-electron chi connectivity index (χ3n) is 1.61. The van der Waals surface area contributed by atoms with E-state index in [1.54, 1.807) is 13.0 Å². The molecule has 0 radical (unpaired) electrons. The van der Waals surface area contributed by atoms with E-state index in [-0.39, 0.29) is 12.4 Å². The molecular weight excluding hydrogens is 218 g/mol. The molecule has 0 spiro atoms. The van der Waals surface area contributed by atoms with E-state index in [0.717, 1.165) is 0 Å². The fourth-order valence-electron chi connectivity index (χ4n) is 0.873. The molecule has 1 aromatic rings. The highest BCUT2D eigenvalue weighted by molar-refractivity contribution is 7.93. The first-order valence-electron chi connectivity index (χ1n) is 4.15. The van der Waals surface area contributed by atoms with Crippen molar-refractivity contribution in [3.63, 3.8) is 0 Å². The molecule has 8 heteroatoms. The molecule has 0 aromatic carbocycles. The Bertz CT molecular complexity index is 452. The Hall–Kier alpha value is -1.75. The maximum atomic E-state index is 11.5. The smallest absolute Gasteiger partial charge is 0.249 e. The van der Waals surface area contributed by atoms with Gasteiger partial charge in [0, 0.05) is 0 Å². The summed E-state index contributed by atoms with van der Waals surface area (Å²) in [5.74, 6) is -0.133. The maximum Gasteiger partial charge on any atom is 0.256 e. The minimum absolute atomic E-state index is 0.133. The summed E-state index contributed by atoms with van der Waals surface area (Å²) in [7, 11) is -3.75. The zero-order valence-corrected chi connectivity index (χ0v) is 8.77. The number of anilines is 1. The molecule has 0 aliphatic heterocycles. The lowest BCUT2D eigenvalue weighted by atomic mass is 10.4. The Balaban J connectivity index is 2.87. The first-order chi connectivity index (χ1) is 7.10. The van der Waals surface area contributed by atoms with Gasteiger partial charge in [-0.2, -0.15) is 10.4 Å². The molecule has 0 aliphatic carbocycles. The number of sulfonamides is 1. The fraction of sp³-hybridized carbons (Fsp3) is 0.429. The quantitative estimate of drug-likeness (QED) is 0.770. The number of hydrogen-bond acceptors (Lipinski definition) is 6. The Kier molecular flexibility index (Phi) is 3.51. The van der Waals surface area contributed by atoms with Crippen LogP contribution >= 0.6 is 0 Å². The third kappa shape index (κ3) is 2.85. The van der Waals surface area contributed by atoms with Crippen molar-refractivity contribution in [3.8, 4) is 6.07 Å². The van der Waals surface area contributed by atoms with Crippen LogP contribution in [0.15, 0.2) is 12.4 Å². The molecule has 0 aliphatic rings. The van der Waals surface area contributed by atoms with E-state index in [1.165, 1.54) is 12.4 Å². The summed E-state index contributed by atoms with van der Waals surface area (Å²) in [4.78, 5) is 3.64. The maximum absolute atomic E-state index is 11.5. The summed E-state index contributed by atoms with van der Waals surface area (Å²) in [6, 6.07) is 1.69. The van der Waals surface area contributed by atoms with Crippen LogP contribution in [0.1, 0.15) is 13.3 Å². The number of nitrogens with one attached hydrogen (secondary N) is 1. The van der Waals surface area contributed by atoms with E-state index in [1.807, 2.05) is 0 Å². The Morgan fingerprint density at radius 2 is 2.33 bits per heavy atom. The molecule has 1 N–H and O–H groups in total. The zero-order chi connectivity index (χ0) is 11.3. The number of rotatable bonds is 4. The lowest BCUT2D eigenvalue weighted by Gasteiger charge is -2.08. The Morgan fingerprint density at radius 1 is 1.60 bits per heavy atom. The third-order valence-corrected chi connectivity index (χ3v) is 3.26. The molecule has 80 valence electrons. The highest BCUT2D eigenvalue weighted by Gasteiger charge is 2.24. The topological polar surface area (TPSA) is 109 Å². The predicted octanol–water partition coefficient (Wildman–Crippen LogP) is -0.0845. The second-order valence-corrected chi connectivity index (χ2v) is 4.50. The van der Waals surface area contributed by atoms with Gasteiger partial charge in [0.25, 0.3) is 16.0 Å². The highest BCUT2D eigenvalue weighted by Crippen LogP contribution is 2.07. The molecule has 1 aromatic heterocycles. The minimum atomic E-state index is -3.75. The molecule has 0 fully saturated rings. The lowest BCUT2D eigenvalue weighted by molar-refractivity contribution is 0.592. The highest BCUT2D eigenvalue weighted by atomic mass is 32.2. The van der Waals surface area contributed by atoms with Gasteiger partial charge in [0.15, 0.2) is 5.25 Å². The number of nitrogens with zero attached hydrogens (tertiary/aromatic N) is 4. The van der Waals surface area contributed by atoms with Gasteiger partial charge in [0.2, 0.25) is 0 Å². The zero-order valence-electron chi connectivity index (χ0n) is 7.95. The van der Waals surface area contributed by atoms with Gasteiger partial charge >= 0.3 is 0 Å². The molecular formula is C7H9N5O2S. The average molecular weight is 227 g/mol. The second kappa shape index (κ2) is 4.65. The van der Waals surface area contributed by atoms with Crippen molar-refractivity contribution in [1.82, 2.24) is 15.2 Å². The minimum Gasteiger partial charge on any atom is -0.249 e. The molecule has 1 unspecified atom stereocenters. The van der Waals surface area contributed by atoms with Crippen LogP contribution < -0.4 is 4.72 Å². The van der Waals surface area contributed by atoms with Crippen molar-refractivity contribution in [2.45, 2.75) is 18.6 Å². The van der Waals surface area contributed by atoms with E-state index in [9.17, 15) is 8.42 Å². The van der Waals surface area contributed by atoms with E-state index in [0.29, 0.717) is 0 Å². The van der Waals surface area contributed by atoms with E-state index in [2.05, 4.69) is 19.9 Å². The van der Waals surface area contributed by atoms with Crippen LogP contribution in [-0.2, 0) is 10.0 Å². The average Bonchev–Trinajstić information content (AvgIpc) is 2.19. The van der Waals surface area contributed by atoms with Gasteiger partial charge < -0.3 is 0 Å². The van der Waals surface area contributed by atoms with E-state index >= 15 is 0 Å². The van der Waals surface area contributed by atoms with E-state index in [4.69, 9.17) is 5.26 Å². The van der Waals surface area contributed by atoms with Crippen LogP contribution in [0.3, 0.4) is 0 Å². The molecule has 7 nitrogen and oxygen atoms in total. The molecule has 1 atom stereocenters. The Labute approximate surface area is 87.2 Å². The standard InChI is InChI=1S/C7H9N5O2S/c1-2-6(5-8)15(13,14)12-7-9-3-4-10-11-7/h3-4,6H,2H2,1H3,(H,9,11,12). The summed E-state index contributed by atoms with van der Waals surface area (Å²) < 4.78 is 25.1. The monoisotopic (exact) mass is 227 g/mol. The van der Waals surface area contributed by atoms with Gasteiger partial charge in [-0.15, -0.1) is 5.10 Å². The van der Waals surface area contributed by atoms with Crippen molar-refractivity contribution in [2.75, 3.05) is 4.72 Å². The Morgan fingerprint density at radius 3 is 2.80 bits per heavy atom. The van der Waals surface area contributed by atoms with Gasteiger partial charge in [-0.3, -0.25) is 0 Å². The summed E-state index contributed by atoms with van der Waals surface area (Å²) >= 11 is 0. The lowest BCUT2D eigenvalue weighted by Crippen LogP contribution is -2.26. The van der Waals surface area contributed by atoms with Crippen molar-refractivity contribution in [3.05, 3.63) is 12.4 Å². The van der Waals surface area contributed by atoms with Crippen molar-refractivity contribution in [1.29, 1.82) is 5.26 Å². The van der Waals surface area contributed by atoms with Crippen molar-refractivity contribution < 1.29 is 8.42 Å². The number of nitriles is 1. The molecule has 0 bridgehead atoms. The van der Waals surface area contributed by atoms with Crippen molar-refractivity contribution in [2.24, 2.45) is 0 Å². The fourth-order valence-corrected chi connectivity index (χ4v) is 1.94. The van der Waals surface area contributed by atoms with Gasteiger partial charge in [-0.1, -0.05) is 6.92 Å².